The van der Waals surface area contributed by atoms with Crippen molar-refractivity contribution in [3.8, 4) is 36.4 Å². The molecule has 0 aliphatic heterocycles. The Labute approximate surface area is 173 Å². The molecule has 0 aromatic rings. The van der Waals surface area contributed by atoms with Gasteiger partial charge in [0.2, 0.25) is 0 Å². The molecule has 0 spiro atoms. The maximum atomic E-state index is 9.27. The third-order valence-corrected chi connectivity index (χ3v) is 5.52. The summed E-state index contributed by atoms with van der Waals surface area (Å²) in [6.07, 6.45) is 4.98. The van der Waals surface area contributed by atoms with E-state index >= 15 is 0 Å². The summed E-state index contributed by atoms with van der Waals surface area (Å²) < 4.78 is 0. The molecule has 0 fully saturated rings. The van der Waals surface area contributed by atoms with Crippen LogP contribution in [0.5, 0.6) is 0 Å². The van der Waals surface area contributed by atoms with Crippen molar-refractivity contribution in [3.05, 3.63) is 22.3 Å². The first-order valence-corrected chi connectivity index (χ1v) is 9.83. The molecule has 0 radical (unpaired) electrons. The monoisotopic (exact) mass is 384 g/mol. The molecular formula is C23H24N6. The predicted octanol–water partition coefficient (Wildman–Crippen LogP) is 5.40. The molecule has 1 aliphatic carbocycles. The second kappa shape index (κ2) is 12.7. The van der Waals surface area contributed by atoms with E-state index in [1.807, 2.05) is 0 Å². The fourth-order valence-corrected chi connectivity index (χ4v) is 4.50. The van der Waals surface area contributed by atoms with Gasteiger partial charge in [0.05, 0.1) is 36.4 Å². The van der Waals surface area contributed by atoms with Gasteiger partial charge in [0, 0.05) is 43.9 Å². The second-order valence-corrected chi connectivity index (χ2v) is 6.95. The van der Waals surface area contributed by atoms with E-state index in [1.54, 1.807) is 0 Å². The van der Waals surface area contributed by atoms with Crippen molar-refractivity contribution in [2.24, 2.45) is 5.41 Å². The number of nitriles is 6. The molecule has 1 rings (SSSR count). The molecule has 0 amide bonds. The van der Waals surface area contributed by atoms with Gasteiger partial charge in [-0.05, 0) is 49.7 Å². The van der Waals surface area contributed by atoms with Crippen molar-refractivity contribution >= 4 is 0 Å². The van der Waals surface area contributed by atoms with Gasteiger partial charge in [-0.1, -0.05) is 11.1 Å². The van der Waals surface area contributed by atoms with E-state index in [4.69, 9.17) is 10.5 Å². The normalized spacial score (nSPS) is 14.3. The number of allylic oxidation sites excluding steroid dienone is 4. The average molecular weight is 384 g/mol. The van der Waals surface area contributed by atoms with Crippen molar-refractivity contribution in [1.82, 2.24) is 0 Å². The summed E-state index contributed by atoms with van der Waals surface area (Å²) >= 11 is 0. The Morgan fingerprint density at radius 2 is 0.759 bits per heavy atom. The highest BCUT2D eigenvalue weighted by molar-refractivity contribution is 5.54. The van der Waals surface area contributed by atoms with Crippen molar-refractivity contribution in [2.45, 2.75) is 77.0 Å². The Morgan fingerprint density at radius 1 is 0.448 bits per heavy atom. The maximum absolute atomic E-state index is 9.27. The van der Waals surface area contributed by atoms with E-state index in [-0.39, 0.29) is 0 Å². The summed E-state index contributed by atoms with van der Waals surface area (Å²) in [6, 6.07) is 13.1. The molecular weight excluding hydrogens is 360 g/mol. The SMILES string of the molecule is N#CCCC1=C(CCC#N)C(CCC#N)(CCC#N)C(CCC#N)=C1CCC#N. The van der Waals surface area contributed by atoms with Crippen molar-refractivity contribution < 1.29 is 0 Å². The van der Waals surface area contributed by atoms with Crippen LogP contribution in [0.4, 0.5) is 0 Å². The molecule has 146 valence electrons. The largest absolute Gasteiger partial charge is 0.198 e. The smallest absolute Gasteiger partial charge is 0.0625 e. The zero-order chi connectivity index (χ0) is 21.5. The molecule has 0 aromatic heterocycles. The van der Waals surface area contributed by atoms with Crippen molar-refractivity contribution in [2.75, 3.05) is 0 Å². The van der Waals surface area contributed by atoms with Gasteiger partial charge >= 0.3 is 0 Å². The van der Waals surface area contributed by atoms with Gasteiger partial charge in [-0.3, -0.25) is 0 Å². The van der Waals surface area contributed by atoms with Crippen LogP contribution in [-0.2, 0) is 0 Å². The summed E-state index contributed by atoms with van der Waals surface area (Å²) in [4.78, 5) is 0. The third-order valence-electron chi connectivity index (χ3n) is 5.52. The quantitative estimate of drug-likeness (QED) is 0.440. The number of hydrogen-bond donors (Lipinski definition) is 0. The minimum atomic E-state index is -0.533. The van der Waals surface area contributed by atoms with Gasteiger partial charge in [-0.25, -0.2) is 0 Å². The minimum Gasteiger partial charge on any atom is -0.198 e. The van der Waals surface area contributed by atoms with E-state index in [0.717, 1.165) is 22.3 Å². The summed E-state index contributed by atoms with van der Waals surface area (Å²) in [5.74, 6) is 0. The maximum Gasteiger partial charge on any atom is 0.0625 e. The molecule has 0 N–H and O–H groups in total. The van der Waals surface area contributed by atoms with Gasteiger partial charge < -0.3 is 0 Å². The van der Waals surface area contributed by atoms with E-state index in [9.17, 15) is 21.0 Å². The van der Waals surface area contributed by atoms with E-state index in [0.29, 0.717) is 77.0 Å². The molecule has 29 heavy (non-hydrogen) atoms. The molecule has 0 atom stereocenters. The standard InChI is InChI=1S/C23H24N6/c24-13-1-7-19-20(8-2-14-25)22(10-4-16-27)23(11-5-17-28,12-6-18-29)21(19)9-3-15-26/h1-12H2. The second-order valence-electron chi connectivity index (χ2n) is 6.95. The van der Waals surface area contributed by atoms with Crippen molar-refractivity contribution in [1.29, 1.82) is 31.6 Å². The Balaban J connectivity index is 3.73. The van der Waals surface area contributed by atoms with Gasteiger partial charge in [-0.2, -0.15) is 31.6 Å². The van der Waals surface area contributed by atoms with Crippen LogP contribution in [0, 0.1) is 73.4 Å². The van der Waals surface area contributed by atoms with Crippen LogP contribution in [0.1, 0.15) is 77.0 Å². The van der Waals surface area contributed by atoms with Crippen LogP contribution in [0.25, 0.3) is 0 Å². The molecule has 6 heteroatoms. The topological polar surface area (TPSA) is 143 Å². The highest BCUT2D eigenvalue weighted by Gasteiger charge is 2.44. The number of nitrogens with zero attached hydrogens (tertiary/aromatic N) is 6. The van der Waals surface area contributed by atoms with Crippen LogP contribution in [0.3, 0.4) is 0 Å². The highest BCUT2D eigenvalue weighted by atomic mass is 14.5. The van der Waals surface area contributed by atoms with Crippen LogP contribution < -0.4 is 0 Å². The highest BCUT2D eigenvalue weighted by Crippen LogP contribution is 2.57. The lowest BCUT2D eigenvalue weighted by Crippen LogP contribution is -2.25. The first-order valence-electron chi connectivity index (χ1n) is 9.83. The Hall–Kier alpha value is -3.58. The van der Waals surface area contributed by atoms with E-state index in [1.165, 1.54) is 0 Å². The molecule has 0 bridgehead atoms. The third kappa shape index (κ3) is 5.70. The molecule has 1 aliphatic rings. The summed E-state index contributed by atoms with van der Waals surface area (Å²) in [6.45, 7) is 0. The van der Waals surface area contributed by atoms with Gasteiger partial charge in [0.25, 0.3) is 0 Å². The number of hydrogen-bond acceptors (Lipinski definition) is 6. The lowest BCUT2D eigenvalue weighted by atomic mass is 9.67. The lowest BCUT2D eigenvalue weighted by Gasteiger charge is -2.36. The van der Waals surface area contributed by atoms with Crippen molar-refractivity contribution in [3.63, 3.8) is 0 Å². The Bertz CT molecular complexity index is 820. The number of rotatable bonds is 12. The van der Waals surface area contributed by atoms with E-state index in [2.05, 4.69) is 36.4 Å². The van der Waals surface area contributed by atoms with Crippen LogP contribution >= 0.6 is 0 Å². The predicted molar refractivity (Wildman–Crippen MR) is 106 cm³/mol. The summed E-state index contributed by atoms with van der Waals surface area (Å²) in [7, 11) is 0. The summed E-state index contributed by atoms with van der Waals surface area (Å²) in [5.41, 5.74) is 3.58. The van der Waals surface area contributed by atoms with Crippen LogP contribution in [0.2, 0.25) is 0 Å². The van der Waals surface area contributed by atoms with Gasteiger partial charge in [-0.15, -0.1) is 0 Å². The average Bonchev–Trinajstić information content (AvgIpc) is 2.98. The fraction of sp³-hybridized carbons (Fsp3) is 0.565. The van der Waals surface area contributed by atoms with Gasteiger partial charge in [0.15, 0.2) is 0 Å². The molecule has 0 saturated heterocycles. The first kappa shape index (κ1) is 23.5. The zero-order valence-electron chi connectivity index (χ0n) is 16.7. The lowest BCUT2D eigenvalue weighted by molar-refractivity contribution is 0.355. The Kier molecular flexibility index (Phi) is 10.3. The van der Waals surface area contributed by atoms with Gasteiger partial charge in [0.1, 0.15) is 0 Å². The minimum absolute atomic E-state index is 0.300. The van der Waals surface area contributed by atoms with Crippen LogP contribution in [0.15, 0.2) is 22.3 Å². The van der Waals surface area contributed by atoms with E-state index < -0.39 is 5.41 Å². The molecule has 0 saturated carbocycles. The molecule has 0 aromatic carbocycles. The zero-order valence-corrected chi connectivity index (χ0v) is 16.7. The first-order chi connectivity index (χ1) is 14.2. The molecule has 6 nitrogen and oxygen atoms in total. The summed E-state index contributed by atoms with van der Waals surface area (Å²) in [5, 5.41) is 55.2. The fourth-order valence-electron chi connectivity index (χ4n) is 4.50. The van der Waals surface area contributed by atoms with Crippen LogP contribution in [-0.4, -0.2) is 0 Å². The molecule has 0 unspecified atom stereocenters. The Morgan fingerprint density at radius 3 is 1.07 bits per heavy atom. The molecule has 0 heterocycles.